The third-order valence-electron chi connectivity index (χ3n) is 2.77. The SMILES string of the molecule is CCCC(CC(N)=O)c1cccc(C(F)(F)F)c1. The molecule has 0 saturated heterocycles. The standard InChI is InChI=1S/C13H16F3NO/c1-2-4-9(8-12(17)18)10-5-3-6-11(7-10)13(14,15)16/h3,5-7,9H,2,4,8H2,1H3,(H2,17,18). The van der Waals surface area contributed by atoms with Crippen molar-refractivity contribution in [2.75, 3.05) is 0 Å². The number of halogens is 3. The monoisotopic (exact) mass is 259 g/mol. The van der Waals surface area contributed by atoms with Crippen LogP contribution in [0.5, 0.6) is 0 Å². The number of nitrogens with two attached hydrogens (primary N) is 1. The molecule has 1 unspecified atom stereocenters. The summed E-state index contributed by atoms with van der Waals surface area (Å²) >= 11 is 0. The maximum Gasteiger partial charge on any atom is 0.416 e. The number of amides is 1. The molecule has 0 radical (unpaired) electrons. The van der Waals surface area contributed by atoms with Crippen LogP contribution in [0.15, 0.2) is 24.3 Å². The Morgan fingerprint density at radius 1 is 1.39 bits per heavy atom. The molecular weight excluding hydrogens is 243 g/mol. The van der Waals surface area contributed by atoms with Crippen LogP contribution >= 0.6 is 0 Å². The lowest BCUT2D eigenvalue weighted by molar-refractivity contribution is -0.137. The van der Waals surface area contributed by atoms with Gasteiger partial charge in [0.1, 0.15) is 0 Å². The van der Waals surface area contributed by atoms with E-state index in [1.165, 1.54) is 6.07 Å². The Bertz CT molecular complexity index is 415. The highest BCUT2D eigenvalue weighted by Gasteiger charge is 2.31. The topological polar surface area (TPSA) is 43.1 Å². The first kappa shape index (κ1) is 14.5. The minimum absolute atomic E-state index is 0.0785. The second-order valence-corrected chi connectivity index (χ2v) is 4.28. The molecule has 0 aliphatic carbocycles. The van der Waals surface area contributed by atoms with Gasteiger partial charge in [0.15, 0.2) is 0 Å². The van der Waals surface area contributed by atoms with Crippen molar-refractivity contribution in [1.82, 2.24) is 0 Å². The lowest BCUT2D eigenvalue weighted by Crippen LogP contribution is -2.16. The molecule has 0 saturated carbocycles. The zero-order valence-corrected chi connectivity index (χ0v) is 10.1. The van der Waals surface area contributed by atoms with E-state index in [9.17, 15) is 18.0 Å². The van der Waals surface area contributed by atoms with E-state index in [1.54, 1.807) is 6.07 Å². The summed E-state index contributed by atoms with van der Waals surface area (Å²) in [6.45, 7) is 1.92. The van der Waals surface area contributed by atoms with Gasteiger partial charge >= 0.3 is 6.18 Å². The molecule has 1 aromatic rings. The van der Waals surface area contributed by atoms with Crippen LogP contribution in [0.4, 0.5) is 13.2 Å². The van der Waals surface area contributed by atoms with Gasteiger partial charge in [0.2, 0.25) is 5.91 Å². The third-order valence-corrected chi connectivity index (χ3v) is 2.77. The molecule has 0 heterocycles. The molecule has 0 fully saturated rings. The van der Waals surface area contributed by atoms with Crippen molar-refractivity contribution in [1.29, 1.82) is 0 Å². The van der Waals surface area contributed by atoms with Gasteiger partial charge in [-0.05, 0) is 24.0 Å². The molecule has 1 amide bonds. The first-order chi connectivity index (χ1) is 8.34. The van der Waals surface area contributed by atoms with Gasteiger partial charge in [0.25, 0.3) is 0 Å². The molecule has 1 atom stereocenters. The van der Waals surface area contributed by atoms with E-state index >= 15 is 0 Å². The minimum atomic E-state index is -4.36. The van der Waals surface area contributed by atoms with E-state index in [-0.39, 0.29) is 12.3 Å². The summed E-state index contributed by atoms with van der Waals surface area (Å²) < 4.78 is 37.8. The lowest BCUT2D eigenvalue weighted by atomic mass is 9.90. The minimum Gasteiger partial charge on any atom is -0.370 e. The number of carbonyl (C=O) groups is 1. The highest BCUT2D eigenvalue weighted by atomic mass is 19.4. The smallest absolute Gasteiger partial charge is 0.370 e. The molecule has 0 aromatic heterocycles. The van der Waals surface area contributed by atoms with Crippen molar-refractivity contribution < 1.29 is 18.0 Å². The normalized spacial score (nSPS) is 13.3. The van der Waals surface area contributed by atoms with Crippen LogP contribution in [-0.2, 0) is 11.0 Å². The van der Waals surface area contributed by atoms with Gasteiger partial charge in [0.05, 0.1) is 5.56 Å². The molecule has 0 bridgehead atoms. The Balaban J connectivity index is 3.01. The Kier molecular flexibility index (Phi) is 4.76. The molecule has 2 nitrogen and oxygen atoms in total. The van der Waals surface area contributed by atoms with E-state index in [4.69, 9.17) is 5.73 Å². The van der Waals surface area contributed by atoms with Crippen molar-refractivity contribution in [3.8, 4) is 0 Å². The van der Waals surface area contributed by atoms with Crippen LogP contribution in [0.1, 0.15) is 43.2 Å². The molecule has 5 heteroatoms. The highest BCUT2D eigenvalue weighted by Crippen LogP contribution is 2.33. The van der Waals surface area contributed by atoms with Crippen LogP contribution < -0.4 is 5.73 Å². The Labute approximate surface area is 104 Å². The Morgan fingerprint density at radius 3 is 2.56 bits per heavy atom. The summed E-state index contributed by atoms with van der Waals surface area (Å²) in [4.78, 5) is 10.9. The van der Waals surface area contributed by atoms with Gasteiger partial charge in [-0.2, -0.15) is 13.2 Å². The van der Waals surface area contributed by atoms with Gasteiger partial charge in [-0.1, -0.05) is 31.5 Å². The number of carbonyl (C=O) groups excluding carboxylic acids is 1. The first-order valence-corrected chi connectivity index (χ1v) is 5.80. The Morgan fingerprint density at radius 2 is 2.06 bits per heavy atom. The van der Waals surface area contributed by atoms with Gasteiger partial charge in [-0.15, -0.1) is 0 Å². The fourth-order valence-corrected chi connectivity index (χ4v) is 1.95. The van der Waals surface area contributed by atoms with Crippen LogP contribution in [0.25, 0.3) is 0 Å². The second-order valence-electron chi connectivity index (χ2n) is 4.28. The number of rotatable bonds is 5. The average Bonchev–Trinajstić information content (AvgIpc) is 2.27. The van der Waals surface area contributed by atoms with Gasteiger partial charge < -0.3 is 5.73 Å². The van der Waals surface area contributed by atoms with E-state index in [0.717, 1.165) is 18.6 Å². The van der Waals surface area contributed by atoms with Gasteiger partial charge in [-0.3, -0.25) is 4.79 Å². The molecule has 0 aliphatic rings. The van der Waals surface area contributed by atoms with E-state index < -0.39 is 17.6 Å². The maximum absolute atomic E-state index is 12.6. The first-order valence-electron chi connectivity index (χ1n) is 5.80. The predicted molar refractivity (Wildman–Crippen MR) is 62.9 cm³/mol. The zero-order chi connectivity index (χ0) is 13.8. The maximum atomic E-state index is 12.6. The Hall–Kier alpha value is -1.52. The van der Waals surface area contributed by atoms with Gasteiger partial charge in [-0.25, -0.2) is 0 Å². The van der Waals surface area contributed by atoms with Crippen molar-refractivity contribution in [3.05, 3.63) is 35.4 Å². The largest absolute Gasteiger partial charge is 0.416 e. The predicted octanol–water partition coefficient (Wildman–Crippen LogP) is 3.46. The van der Waals surface area contributed by atoms with Crippen LogP contribution in [0, 0.1) is 0 Å². The number of alkyl halides is 3. The highest BCUT2D eigenvalue weighted by molar-refractivity contribution is 5.74. The molecule has 100 valence electrons. The fraction of sp³-hybridized carbons (Fsp3) is 0.462. The van der Waals surface area contributed by atoms with Crippen LogP contribution in [0.3, 0.4) is 0 Å². The van der Waals surface area contributed by atoms with Crippen LogP contribution in [-0.4, -0.2) is 5.91 Å². The summed E-state index contributed by atoms with van der Waals surface area (Å²) in [5, 5.41) is 0. The van der Waals surface area contributed by atoms with Crippen LogP contribution in [0.2, 0.25) is 0 Å². The van der Waals surface area contributed by atoms with Crippen molar-refractivity contribution >= 4 is 5.91 Å². The summed E-state index contributed by atoms with van der Waals surface area (Å²) in [6, 6.07) is 5.10. The molecule has 0 aliphatic heterocycles. The number of primary amides is 1. The molecule has 1 aromatic carbocycles. The quantitative estimate of drug-likeness (QED) is 0.864. The van der Waals surface area contributed by atoms with Crippen molar-refractivity contribution in [2.45, 2.75) is 38.3 Å². The third kappa shape index (κ3) is 4.05. The van der Waals surface area contributed by atoms with Crippen molar-refractivity contribution in [2.24, 2.45) is 5.73 Å². The number of benzene rings is 1. The van der Waals surface area contributed by atoms with E-state index in [0.29, 0.717) is 12.0 Å². The van der Waals surface area contributed by atoms with E-state index in [2.05, 4.69) is 0 Å². The second kappa shape index (κ2) is 5.89. The lowest BCUT2D eigenvalue weighted by Gasteiger charge is -2.16. The zero-order valence-electron chi connectivity index (χ0n) is 10.1. The van der Waals surface area contributed by atoms with Gasteiger partial charge in [0, 0.05) is 6.42 Å². The molecule has 2 N–H and O–H groups in total. The molecule has 18 heavy (non-hydrogen) atoms. The number of hydrogen-bond acceptors (Lipinski definition) is 1. The fourth-order valence-electron chi connectivity index (χ4n) is 1.95. The summed E-state index contributed by atoms with van der Waals surface area (Å²) in [5.41, 5.74) is 4.95. The molecule has 1 rings (SSSR count). The molecule has 0 spiro atoms. The number of hydrogen-bond donors (Lipinski definition) is 1. The van der Waals surface area contributed by atoms with Crippen molar-refractivity contribution in [3.63, 3.8) is 0 Å². The summed E-state index contributed by atoms with van der Waals surface area (Å²) in [5.74, 6) is -0.735. The molecular formula is C13H16F3NO. The summed E-state index contributed by atoms with van der Waals surface area (Å²) in [7, 11) is 0. The average molecular weight is 259 g/mol. The van der Waals surface area contributed by atoms with E-state index in [1.807, 2.05) is 6.92 Å². The summed E-state index contributed by atoms with van der Waals surface area (Å²) in [6.07, 6.45) is -2.85.